The minimum atomic E-state index is -0.464. The van der Waals surface area contributed by atoms with Crippen LogP contribution < -0.4 is 4.90 Å². The molecule has 134 valence electrons. The van der Waals surface area contributed by atoms with E-state index in [-0.39, 0.29) is 22.7 Å². The van der Waals surface area contributed by atoms with Gasteiger partial charge in [-0.25, -0.2) is 4.39 Å². The lowest BCUT2D eigenvalue weighted by molar-refractivity contribution is -0.123. The van der Waals surface area contributed by atoms with Gasteiger partial charge in [-0.3, -0.25) is 14.5 Å². The molecule has 0 atom stereocenters. The maximum Gasteiger partial charge on any atom is 0.293 e. The van der Waals surface area contributed by atoms with Crippen molar-refractivity contribution in [3.8, 4) is 0 Å². The van der Waals surface area contributed by atoms with E-state index >= 15 is 0 Å². The van der Waals surface area contributed by atoms with Crippen molar-refractivity contribution >= 4 is 46.3 Å². The Bertz CT molecular complexity index is 897. The largest absolute Gasteiger partial charge is 0.378 e. The summed E-state index contributed by atoms with van der Waals surface area (Å²) in [6.45, 7) is 0.0146. The molecule has 0 N–H and O–H groups in total. The van der Waals surface area contributed by atoms with Crippen LogP contribution in [0.3, 0.4) is 0 Å². The number of hydrogen-bond donors (Lipinski definition) is 0. The fraction of sp³-hybridized carbons (Fsp3) is 0.158. The molecule has 2 aromatic rings. The first-order valence-electron chi connectivity index (χ1n) is 7.82. The molecule has 1 heterocycles. The molecule has 1 aliphatic heterocycles. The van der Waals surface area contributed by atoms with Gasteiger partial charge in [-0.05, 0) is 53.2 Å². The Balaban J connectivity index is 1.79. The molecule has 0 radical (unpaired) electrons. The number of nitrogens with zero attached hydrogens (tertiary/aromatic N) is 2. The van der Waals surface area contributed by atoms with Crippen LogP contribution in [0, 0.1) is 5.82 Å². The molecule has 2 aromatic carbocycles. The van der Waals surface area contributed by atoms with Crippen LogP contribution >= 0.6 is 23.4 Å². The van der Waals surface area contributed by atoms with Gasteiger partial charge in [0.15, 0.2) is 0 Å². The normalized spacial score (nSPS) is 15.8. The number of rotatable bonds is 4. The average molecular weight is 391 g/mol. The van der Waals surface area contributed by atoms with Crippen LogP contribution in [0.5, 0.6) is 0 Å². The highest BCUT2D eigenvalue weighted by molar-refractivity contribution is 8.18. The summed E-state index contributed by atoms with van der Waals surface area (Å²) in [6, 6.07) is 11.5. The van der Waals surface area contributed by atoms with Crippen LogP contribution in [0.2, 0.25) is 5.02 Å². The Hall–Kier alpha value is -2.31. The molecule has 0 saturated carbocycles. The molecule has 0 spiro atoms. The van der Waals surface area contributed by atoms with Crippen LogP contribution in [0.15, 0.2) is 47.4 Å². The van der Waals surface area contributed by atoms with Crippen LogP contribution in [-0.4, -0.2) is 30.1 Å². The van der Waals surface area contributed by atoms with Crippen LogP contribution in [0.4, 0.5) is 14.9 Å². The topological polar surface area (TPSA) is 40.6 Å². The molecule has 2 amide bonds. The van der Waals surface area contributed by atoms with Crippen LogP contribution in [0.1, 0.15) is 11.1 Å². The molecule has 0 aromatic heterocycles. The lowest BCUT2D eigenvalue weighted by Crippen LogP contribution is -2.27. The van der Waals surface area contributed by atoms with E-state index in [1.54, 1.807) is 6.08 Å². The number of amides is 2. The van der Waals surface area contributed by atoms with E-state index in [2.05, 4.69) is 0 Å². The fourth-order valence-electron chi connectivity index (χ4n) is 2.48. The zero-order valence-corrected chi connectivity index (χ0v) is 15.8. The van der Waals surface area contributed by atoms with Crippen LogP contribution in [-0.2, 0) is 11.3 Å². The third kappa shape index (κ3) is 3.92. The van der Waals surface area contributed by atoms with Gasteiger partial charge in [-0.15, -0.1) is 0 Å². The quantitative estimate of drug-likeness (QED) is 0.704. The Morgan fingerprint density at radius 1 is 1.15 bits per heavy atom. The van der Waals surface area contributed by atoms with E-state index < -0.39 is 5.82 Å². The number of thioether (sulfide) groups is 1. The number of anilines is 1. The molecule has 0 unspecified atom stereocenters. The zero-order chi connectivity index (χ0) is 18.8. The minimum absolute atomic E-state index is 0.0146. The van der Waals surface area contributed by atoms with Crippen molar-refractivity contribution in [1.82, 2.24) is 4.90 Å². The van der Waals surface area contributed by atoms with Gasteiger partial charge in [0.25, 0.3) is 11.1 Å². The first-order chi connectivity index (χ1) is 12.3. The van der Waals surface area contributed by atoms with Crippen molar-refractivity contribution in [2.45, 2.75) is 6.54 Å². The van der Waals surface area contributed by atoms with Gasteiger partial charge >= 0.3 is 0 Å². The summed E-state index contributed by atoms with van der Waals surface area (Å²) in [6.07, 6.45) is 1.69. The van der Waals surface area contributed by atoms with E-state index in [0.29, 0.717) is 10.5 Å². The molecule has 1 saturated heterocycles. The average Bonchev–Trinajstić information content (AvgIpc) is 2.85. The Morgan fingerprint density at radius 2 is 1.85 bits per heavy atom. The van der Waals surface area contributed by atoms with E-state index in [9.17, 15) is 14.0 Å². The summed E-state index contributed by atoms with van der Waals surface area (Å²) in [5, 5.41) is -0.182. The summed E-state index contributed by atoms with van der Waals surface area (Å²) in [5.41, 5.74) is 2.40. The van der Waals surface area contributed by atoms with Crippen molar-refractivity contribution in [2.75, 3.05) is 19.0 Å². The van der Waals surface area contributed by atoms with E-state index in [1.807, 2.05) is 43.3 Å². The summed E-state index contributed by atoms with van der Waals surface area (Å²) < 4.78 is 13.1. The lowest BCUT2D eigenvalue weighted by Gasteiger charge is -2.13. The van der Waals surface area contributed by atoms with Gasteiger partial charge in [-0.1, -0.05) is 29.8 Å². The van der Waals surface area contributed by atoms with E-state index in [0.717, 1.165) is 34.0 Å². The number of carbonyl (C=O) groups excluding carboxylic acids is 2. The van der Waals surface area contributed by atoms with Gasteiger partial charge in [0.2, 0.25) is 0 Å². The summed E-state index contributed by atoms with van der Waals surface area (Å²) >= 11 is 6.88. The van der Waals surface area contributed by atoms with Crippen molar-refractivity contribution in [1.29, 1.82) is 0 Å². The number of carbonyl (C=O) groups is 2. The van der Waals surface area contributed by atoms with Gasteiger partial charge in [0.05, 0.1) is 11.4 Å². The van der Waals surface area contributed by atoms with Gasteiger partial charge in [0, 0.05) is 24.8 Å². The summed E-state index contributed by atoms with van der Waals surface area (Å²) in [7, 11) is 3.89. The predicted octanol–water partition coefficient (Wildman–Crippen LogP) is 4.78. The second-order valence-corrected chi connectivity index (χ2v) is 7.39. The molecule has 3 rings (SSSR count). The predicted molar refractivity (Wildman–Crippen MR) is 104 cm³/mol. The van der Waals surface area contributed by atoms with Gasteiger partial charge < -0.3 is 4.90 Å². The molecular weight excluding hydrogens is 375 g/mol. The first-order valence-corrected chi connectivity index (χ1v) is 9.01. The van der Waals surface area contributed by atoms with Crippen molar-refractivity contribution in [3.05, 3.63) is 69.3 Å². The molecule has 1 fully saturated rings. The zero-order valence-electron chi connectivity index (χ0n) is 14.2. The molecule has 4 nitrogen and oxygen atoms in total. The first kappa shape index (κ1) is 18.5. The molecule has 1 aliphatic rings. The van der Waals surface area contributed by atoms with Crippen molar-refractivity contribution in [2.24, 2.45) is 0 Å². The Morgan fingerprint density at radius 3 is 2.46 bits per heavy atom. The molecular formula is C19H16ClFN2O2S. The number of benzene rings is 2. The van der Waals surface area contributed by atoms with E-state index in [1.165, 1.54) is 12.1 Å². The highest BCUT2D eigenvalue weighted by Crippen LogP contribution is 2.34. The minimum Gasteiger partial charge on any atom is -0.378 e. The monoisotopic (exact) mass is 390 g/mol. The second-order valence-electron chi connectivity index (χ2n) is 5.99. The Kier molecular flexibility index (Phi) is 5.34. The third-order valence-corrected chi connectivity index (χ3v) is 5.18. The Labute approximate surface area is 160 Å². The summed E-state index contributed by atoms with van der Waals surface area (Å²) in [4.78, 5) is 28.2. The molecule has 26 heavy (non-hydrogen) atoms. The van der Waals surface area contributed by atoms with E-state index in [4.69, 9.17) is 11.6 Å². The highest BCUT2D eigenvalue weighted by atomic mass is 35.5. The maximum absolute atomic E-state index is 13.1. The van der Waals surface area contributed by atoms with Crippen molar-refractivity contribution in [3.63, 3.8) is 0 Å². The standard InChI is InChI=1S/C19H16ClFN2O2S/c1-22(2)15-7-3-12(4-8-15)9-17-18(24)23(19(25)26-17)11-13-5-6-14(21)10-16(13)20/h3-10H,11H2,1-2H3/b17-9-. The second kappa shape index (κ2) is 7.51. The summed E-state index contributed by atoms with van der Waals surface area (Å²) in [5.74, 6) is -0.842. The SMILES string of the molecule is CN(C)c1ccc(/C=C2\SC(=O)N(Cc3ccc(F)cc3Cl)C2=O)cc1. The molecule has 7 heteroatoms. The molecule has 0 aliphatic carbocycles. The number of halogens is 2. The van der Waals surface area contributed by atoms with Gasteiger partial charge in [0.1, 0.15) is 5.82 Å². The number of hydrogen-bond acceptors (Lipinski definition) is 4. The number of imide groups is 1. The van der Waals surface area contributed by atoms with Crippen molar-refractivity contribution < 1.29 is 14.0 Å². The lowest BCUT2D eigenvalue weighted by atomic mass is 10.1. The fourth-order valence-corrected chi connectivity index (χ4v) is 3.54. The van der Waals surface area contributed by atoms with Crippen LogP contribution in [0.25, 0.3) is 6.08 Å². The third-order valence-electron chi connectivity index (χ3n) is 3.92. The molecule has 0 bridgehead atoms. The smallest absolute Gasteiger partial charge is 0.293 e. The highest BCUT2D eigenvalue weighted by Gasteiger charge is 2.35. The van der Waals surface area contributed by atoms with Gasteiger partial charge in [-0.2, -0.15) is 0 Å². The maximum atomic E-state index is 13.1.